The smallest absolute Gasteiger partial charge is 0.346 e. The highest BCUT2D eigenvalue weighted by Crippen LogP contribution is 2.21. The molecule has 0 aromatic carbocycles. The zero-order valence-electron chi connectivity index (χ0n) is 10.5. The number of rotatable bonds is 6. The van der Waals surface area contributed by atoms with Crippen LogP contribution in [-0.4, -0.2) is 32.2 Å². The largest absolute Gasteiger partial charge is 0.489 e. The molecule has 0 bridgehead atoms. The molecule has 106 valence electrons. The van der Waals surface area contributed by atoms with Gasteiger partial charge in [-0.1, -0.05) is 0 Å². The van der Waals surface area contributed by atoms with E-state index in [0.29, 0.717) is 11.6 Å². The Bertz CT molecular complexity index is 648. The van der Waals surface area contributed by atoms with E-state index in [1.54, 1.807) is 12.3 Å². The van der Waals surface area contributed by atoms with Gasteiger partial charge in [0.25, 0.3) is 0 Å². The van der Waals surface area contributed by atoms with E-state index in [4.69, 9.17) is 9.84 Å². The van der Waals surface area contributed by atoms with Crippen LogP contribution in [0, 0.1) is 17.0 Å². The van der Waals surface area contributed by atoms with Crippen molar-refractivity contribution in [1.29, 1.82) is 0 Å². The lowest BCUT2D eigenvalue weighted by molar-refractivity contribution is -0.392. The molecule has 2 aromatic heterocycles. The van der Waals surface area contributed by atoms with Gasteiger partial charge in [0.05, 0.1) is 0 Å². The normalized spacial score (nSPS) is 10.4. The van der Waals surface area contributed by atoms with Crippen LogP contribution in [0.25, 0.3) is 0 Å². The number of carboxylic acids is 1. The Labute approximate surface area is 117 Å². The molecule has 8 nitrogen and oxygen atoms in total. The summed E-state index contributed by atoms with van der Waals surface area (Å²) < 4.78 is 6.81. The Morgan fingerprint density at radius 3 is 3.00 bits per heavy atom. The first kappa shape index (κ1) is 14.0. The second kappa shape index (κ2) is 5.70. The first-order valence-corrected chi connectivity index (χ1v) is 6.48. The molecule has 0 unspecified atom stereocenters. The lowest BCUT2D eigenvalue weighted by Crippen LogP contribution is -2.11. The highest BCUT2D eigenvalue weighted by atomic mass is 32.1. The molecule has 2 heterocycles. The fourth-order valence-corrected chi connectivity index (χ4v) is 2.30. The van der Waals surface area contributed by atoms with E-state index in [1.165, 1.54) is 16.8 Å². The van der Waals surface area contributed by atoms with E-state index < -0.39 is 10.9 Å². The molecule has 0 fully saturated rings. The SMILES string of the molecule is Cc1ncc([N+](=O)[O-])n1CCOc1csc(C(=O)O)c1. The lowest BCUT2D eigenvalue weighted by atomic mass is 10.4. The minimum atomic E-state index is -1.01. The molecule has 0 saturated carbocycles. The van der Waals surface area contributed by atoms with Crippen LogP contribution in [0.1, 0.15) is 15.5 Å². The third-order valence-corrected chi connectivity index (χ3v) is 3.49. The van der Waals surface area contributed by atoms with Gasteiger partial charge in [0.15, 0.2) is 5.82 Å². The highest BCUT2D eigenvalue weighted by Gasteiger charge is 2.17. The van der Waals surface area contributed by atoms with Crippen LogP contribution in [0.15, 0.2) is 17.6 Å². The molecule has 20 heavy (non-hydrogen) atoms. The van der Waals surface area contributed by atoms with Crippen LogP contribution in [0.4, 0.5) is 5.82 Å². The minimum Gasteiger partial charge on any atom is -0.489 e. The van der Waals surface area contributed by atoms with Crippen molar-refractivity contribution in [2.24, 2.45) is 0 Å². The average molecular weight is 297 g/mol. The maximum atomic E-state index is 10.8. The number of imidazole rings is 1. The van der Waals surface area contributed by atoms with Gasteiger partial charge in [-0.25, -0.2) is 14.3 Å². The molecule has 2 rings (SSSR count). The molecule has 0 aliphatic rings. The number of carbonyl (C=O) groups is 1. The summed E-state index contributed by atoms with van der Waals surface area (Å²) in [4.78, 5) is 25.1. The maximum absolute atomic E-state index is 10.8. The van der Waals surface area contributed by atoms with Crippen LogP contribution in [0.5, 0.6) is 5.75 Å². The molecule has 0 saturated heterocycles. The maximum Gasteiger partial charge on any atom is 0.346 e. The number of carboxylic acid groups (broad SMARTS) is 1. The topological polar surface area (TPSA) is 107 Å². The van der Waals surface area contributed by atoms with Gasteiger partial charge in [0, 0.05) is 18.4 Å². The first-order valence-electron chi connectivity index (χ1n) is 5.60. The summed E-state index contributed by atoms with van der Waals surface area (Å²) in [6.07, 6.45) is 1.20. The number of thiophene rings is 1. The fourth-order valence-electron chi connectivity index (χ4n) is 1.64. The van der Waals surface area contributed by atoms with Crippen molar-refractivity contribution in [2.75, 3.05) is 6.61 Å². The number of nitro groups is 1. The van der Waals surface area contributed by atoms with Crippen LogP contribution in [-0.2, 0) is 6.54 Å². The molecular formula is C11H11N3O5S. The van der Waals surface area contributed by atoms with E-state index in [1.807, 2.05) is 0 Å². The summed E-state index contributed by atoms with van der Waals surface area (Å²) in [5.74, 6) is -0.141. The highest BCUT2D eigenvalue weighted by molar-refractivity contribution is 7.12. The Morgan fingerprint density at radius 1 is 1.65 bits per heavy atom. The average Bonchev–Trinajstić information content (AvgIpc) is 2.97. The van der Waals surface area contributed by atoms with Crippen molar-refractivity contribution >= 4 is 23.1 Å². The van der Waals surface area contributed by atoms with Crippen molar-refractivity contribution in [3.8, 4) is 5.75 Å². The summed E-state index contributed by atoms with van der Waals surface area (Å²) in [6, 6.07) is 1.42. The van der Waals surface area contributed by atoms with Gasteiger partial charge in [-0.15, -0.1) is 11.3 Å². The van der Waals surface area contributed by atoms with E-state index in [2.05, 4.69) is 4.98 Å². The molecule has 0 spiro atoms. The summed E-state index contributed by atoms with van der Waals surface area (Å²) in [6.45, 7) is 2.12. The van der Waals surface area contributed by atoms with Crippen molar-refractivity contribution < 1.29 is 19.6 Å². The number of aromatic carboxylic acids is 1. The zero-order valence-corrected chi connectivity index (χ0v) is 11.3. The van der Waals surface area contributed by atoms with E-state index >= 15 is 0 Å². The van der Waals surface area contributed by atoms with Crippen LogP contribution >= 0.6 is 11.3 Å². The predicted molar refractivity (Wildman–Crippen MR) is 70.4 cm³/mol. The Balaban J connectivity index is 1.97. The predicted octanol–water partition coefficient (Wildman–Crippen LogP) is 1.94. The van der Waals surface area contributed by atoms with Gasteiger partial charge in [-0.2, -0.15) is 0 Å². The monoisotopic (exact) mass is 297 g/mol. The summed E-state index contributed by atoms with van der Waals surface area (Å²) in [7, 11) is 0. The first-order chi connectivity index (χ1) is 9.49. The number of ether oxygens (including phenoxy) is 1. The van der Waals surface area contributed by atoms with Gasteiger partial charge >= 0.3 is 11.8 Å². The number of aromatic nitrogens is 2. The molecule has 0 amide bonds. The molecule has 1 N–H and O–H groups in total. The quantitative estimate of drug-likeness (QED) is 0.645. The summed E-state index contributed by atoms with van der Waals surface area (Å²) in [5.41, 5.74) is 0. The number of nitrogens with zero attached hydrogens (tertiary/aromatic N) is 3. The number of hydrogen-bond donors (Lipinski definition) is 1. The molecule has 2 aromatic rings. The molecule has 0 radical (unpaired) electrons. The van der Waals surface area contributed by atoms with Crippen LogP contribution < -0.4 is 4.74 Å². The van der Waals surface area contributed by atoms with E-state index in [0.717, 1.165) is 11.3 Å². The van der Waals surface area contributed by atoms with E-state index in [9.17, 15) is 14.9 Å². The molecule has 0 aliphatic carbocycles. The standard InChI is InChI=1S/C11H11N3O5S/c1-7-12-5-10(14(17)18)13(7)2-3-19-8-4-9(11(15)16)20-6-8/h4-6H,2-3H2,1H3,(H,15,16). The van der Waals surface area contributed by atoms with E-state index in [-0.39, 0.29) is 23.8 Å². The fraction of sp³-hybridized carbons (Fsp3) is 0.273. The van der Waals surface area contributed by atoms with Gasteiger partial charge in [-0.3, -0.25) is 0 Å². The van der Waals surface area contributed by atoms with Gasteiger partial charge < -0.3 is 20.0 Å². The molecule has 0 atom stereocenters. The number of hydrogen-bond acceptors (Lipinski definition) is 6. The van der Waals surface area contributed by atoms with Crippen molar-refractivity contribution in [3.63, 3.8) is 0 Å². The third-order valence-electron chi connectivity index (χ3n) is 2.59. The molecule has 9 heteroatoms. The molecular weight excluding hydrogens is 286 g/mol. The Morgan fingerprint density at radius 2 is 2.40 bits per heavy atom. The van der Waals surface area contributed by atoms with Gasteiger partial charge in [0.2, 0.25) is 0 Å². The van der Waals surface area contributed by atoms with Crippen molar-refractivity contribution in [2.45, 2.75) is 13.5 Å². The number of aryl methyl sites for hydroxylation is 1. The zero-order chi connectivity index (χ0) is 14.7. The second-order valence-electron chi connectivity index (χ2n) is 3.87. The second-order valence-corrected chi connectivity index (χ2v) is 4.78. The van der Waals surface area contributed by atoms with Gasteiger partial charge in [-0.05, 0) is 4.92 Å². The Kier molecular flexibility index (Phi) is 3.99. The van der Waals surface area contributed by atoms with Crippen molar-refractivity contribution in [3.05, 3.63) is 38.5 Å². The molecule has 0 aliphatic heterocycles. The van der Waals surface area contributed by atoms with Gasteiger partial charge in [0.1, 0.15) is 30.0 Å². The Hall–Kier alpha value is -2.42. The third kappa shape index (κ3) is 2.94. The van der Waals surface area contributed by atoms with Crippen LogP contribution in [0.3, 0.4) is 0 Å². The minimum absolute atomic E-state index is 0.0948. The summed E-state index contributed by atoms with van der Waals surface area (Å²) in [5, 5.41) is 21.1. The lowest BCUT2D eigenvalue weighted by Gasteiger charge is -2.04. The van der Waals surface area contributed by atoms with Crippen molar-refractivity contribution in [1.82, 2.24) is 9.55 Å². The summed E-state index contributed by atoms with van der Waals surface area (Å²) >= 11 is 1.06. The van der Waals surface area contributed by atoms with Crippen LogP contribution in [0.2, 0.25) is 0 Å².